The van der Waals surface area contributed by atoms with E-state index >= 15 is 0 Å². The summed E-state index contributed by atoms with van der Waals surface area (Å²) in [5.74, 6) is 1.00. The quantitative estimate of drug-likeness (QED) is 0.797. The number of hydrogen-bond donors (Lipinski definition) is 1. The van der Waals surface area contributed by atoms with Gasteiger partial charge in [-0.1, -0.05) is 0 Å². The van der Waals surface area contributed by atoms with Crippen molar-refractivity contribution in [2.24, 2.45) is 5.92 Å². The molecule has 1 atom stereocenters. The van der Waals surface area contributed by atoms with Gasteiger partial charge >= 0.3 is 0 Å². The average Bonchev–Trinajstić information content (AvgIpc) is 3.22. The Hall–Kier alpha value is -0.160. The highest BCUT2D eigenvalue weighted by Gasteiger charge is 2.26. The lowest BCUT2D eigenvalue weighted by atomic mass is 10.0. The SMILES string of the molecule is CN1CCOC(CN2CCC(NCC3CC3)CC2)C1. The Bertz CT molecular complexity index is 275. The van der Waals surface area contributed by atoms with Gasteiger partial charge in [-0.05, 0) is 58.3 Å². The lowest BCUT2D eigenvalue weighted by molar-refractivity contribution is -0.0385. The predicted octanol–water partition coefficient (Wildman–Crippen LogP) is 0.781. The fraction of sp³-hybridized carbons (Fsp3) is 1.00. The van der Waals surface area contributed by atoms with Gasteiger partial charge in [0.25, 0.3) is 0 Å². The Balaban J connectivity index is 1.32. The van der Waals surface area contributed by atoms with Gasteiger partial charge in [0.1, 0.15) is 0 Å². The lowest BCUT2D eigenvalue weighted by Crippen LogP contribution is -2.49. The average molecular weight is 267 g/mol. The van der Waals surface area contributed by atoms with Crippen molar-refractivity contribution in [3.05, 3.63) is 0 Å². The van der Waals surface area contributed by atoms with Crippen molar-refractivity contribution in [1.82, 2.24) is 15.1 Å². The summed E-state index contributed by atoms with van der Waals surface area (Å²) in [6.07, 6.45) is 5.97. The Kier molecular flexibility index (Phi) is 4.74. The highest BCUT2D eigenvalue weighted by atomic mass is 16.5. The maximum atomic E-state index is 5.87. The number of ether oxygens (including phenoxy) is 1. The molecule has 2 heterocycles. The molecule has 3 fully saturated rings. The van der Waals surface area contributed by atoms with Gasteiger partial charge < -0.3 is 19.9 Å². The van der Waals surface area contributed by atoms with Crippen molar-refractivity contribution < 1.29 is 4.74 Å². The van der Waals surface area contributed by atoms with E-state index in [2.05, 4.69) is 22.2 Å². The van der Waals surface area contributed by atoms with Crippen molar-refractivity contribution in [2.75, 3.05) is 52.9 Å². The van der Waals surface area contributed by atoms with E-state index in [0.29, 0.717) is 6.10 Å². The Morgan fingerprint density at radius 1 is 1.11 bits per heavy atom. The minimum Gasteiger partial charge on any atom is -0.374 e. The third kappa shape index (κ3) is 4.42. The number of nitrogens with one attached hydrogen (secondary N) is 1. The van der Waals surface area contributed by atoms with Crippen LogP contribution in [0.5, 0.6) is 0 Å². The minimum atomic E-state index is 0.426. The van der Waals surface area contributed by atoms with Crippen molar-refractivity contribution in [3.63, 3.8) is 0 Å². The van der Waals surface area contributed by atoms with E-state index in [0.717, 1.165) is 38.2 Å². The van der Waals surface area contributed by atoms with Crippen molar-refractivity contribution in [1.29, 1.82) is 0 Å². The molecular weight excluding hydrogens is 238 g/mol. The molecule has 0 spiro atoms. The van der Waals surface area contributed by atoms with Gasteiger partial charge in [0.2, 0.25) is 0 Å². The van der Waals surface area contributed by atoms with Crippen LogP contribution < -0.4 is 5.32 Å². The normalized spacial score (nSPS) is 31.7. The highest BCUT2D eigenvalue weighted by molar-refractivity contribution is 4.83. The van der Waals surface area contributed by atoms with Crippen molar-refractivity contribution in [3.8, 4) is 0 Å². The summed E-state index contributed by atoms with van der Waals surface area (Å²) >= 11 is 0. The molecule has 0 aromatic heterocycles. The zero-order valence-electron chi connectivity index (χ0n) is 12.3. The van der Waals surface area contributed by atoms with E-state index in [1.54, 1.807) is 0 Å². The zero-order chi connectivity index (χ0) is 13.1. The lowest BCUT2D eigenvalue weighted by Gasteiger charge is -2.37. The Labute approximate surface area is 117 Å². The standard InChI is InChI=1S/C15H29N3O/c1-17-8-9-19-15(11-17)12-18-6-4-14(5-7-18)16-10-13-2-3-13/h13-16H,2-12H2,1H3. The molecule has 4 nitrogen and oxygen atoms in total. The van der Waals surface area contributed by atoms with Crippen LogP contribution in [0, 0.1) is 5.92 Å². The fourth-order valence-corrected chi connectivity index (χ4v) is 3.24. The van der Waals surface area contributed by atoms with E-state index in [4.69, 9.17) is 4.74 Å². The first kappa shape index (κ1) is 13.8. The van der Waals surface area contributed by atoms with Gasteiger partial charge in [0.05, 0.1) is 12.7 Å². The van der Waals surface area contributed by atoms with Gasteiger partial charge in [-0.25, -0.2) is 0 Å². The maximum absolute atomic E-state index is 5.87. The monoisotopic (exact) mass is 267 g/mol. The van der Waals surface area contributed by atoms with Gasteiger partial charge in [-0.2, -0.15) is 0 Å². The van der Waals surface area contributed by atoms with Gasteiger partial charge in [-0.15, -0.1) is 0 Å². The number of nitrogens with zero attached hydrogens (tertiary/aromatic N) is 2. The summed E-state index contributed by atoms with van der Waals surface area (Å²) in [4.78, 5) is 4.98. The third-order valence-electron chi connectivity index (χ3n) is 4.78. The predicted molar refractivity (Wildman–Crippen MR) is 77.4 cm³/mol. The van der Waals surface area contributed by atoms with Gasteiger partial charge in [0.15, 0.2) is 0 Å². The van der Waals surface area contributed by atoms with E-state index < -0.39 is 0 Å². The number of hydrogen-bond acceptors (Lipinski definition) is 4. The van der Waals surface area contributed by atoms with Crippen LogP contribution >= 0.6 is 0 Å². The molecule has 0 amide bonds. The van der Waals surface area contributed by atoms with Gasteiger partial charge in [-0.3, -0.25) is 0 Å². The molecule has 110 valence electrons. The smallest absolute Gasteiger partial charge is 0.0829 e. The summed E-state index contributed by atoms with van der Waals surface area (Å²) in [6.45, 7) is 7.96. The topological polar surface area (TPSA) is 27.7 Å². The van der Waals surface area contributed by atoms with E-state index in [1.165, 1.54) is 45.3 Å². The molecule has 3 aliphatic rings. The number of likely N-dealkylation sites (N-methyl/N-ethyl adjacent to an activating group) is 1. The van der Waals surface area contributed by atoms with Crippen LogP contribution in [0.15, 0.2) is 0 Å². The largest absolute Gasteiger partial charge is 0.374 e. The number of morpholine rings is 1. The molecule has 0 bridgehead atoms. The second kappa shape index (κ2) is 6.53. The van der Waals surface area contributed by atoms with Crippen molar-refractivity contribution >= 4 is 0 Å². The number of piperidine rings is 1. The molecule has 4 heteroatoms. The van der Waals surface area contributed by atoms with Crippen LogP contribution in [0.2, 0.25) is 0 Å². The van der Waals surface area contributed by atoms with E-state index in [-0.39, 0.29) is 0 Å². The van der Waals surface area contributed by atoms with Crippen LogP contribution in [0.25, 0.3) is 0 Å². The fourth-order valence-electron chi connectivity index (χ4n) is 3.24. The second-order valence-corrected chi connectivity index (χ2v) is 6.68. The Morgan fingerprint density at radius 3 is 2.58 bits per heavy atom. The van der Waals surface area contributed by atoms with Crippen LogP contribution in [0.1, 0.15) is 25.7 Å². The van der Waals surface area contributed by atoms with E-state index in [9.17, 15) is 0 Å². The minimum absolute atomic E-state index is 0.426. The molecule has 2 aliphatic heterocycles. The molecule has 1 N–H and O–H groups in total. The molecule has 1 saturated carbocycles. The number of likely N-dealkylation sites (tertiary alicyclic amines) is 1. The summed E-state index contributed by atoms with van der Waals surface area (Å²) in [5, 5.41) is 3.75. The Morgan fingerprint density at radius 2 is 1.89 bits per heavy atom. The molecule has 19 heavy (non-hydrogen) atoms. The first-order chi connectivity index (χ1) is 9.29. The molecule has 0 aromatic carbocycles. The highest BCUT2D eigenvalue weighted by Crippen LogP contribution is 2.28. The molecular formula is C15H29N3O. The molecule has 2 saturated heterocycles. The number of rotatable bonds is 5. The molecule has 3 rings (SSSR count). The van der Waals surface area contributed by atoms with Crippen LogP contribution in [0.4, 0.5) is 0 Å². The molecule has 0 radical (unpaired) electrons. The van der Waals surface area contributed by atoms with Crippen LogP contribution in [-0.2, 0) is 4.74 Å². The summed E-state index contributed by atoms with van der Waals surface area (Å²) < 4.78 is 5.87. The first-order valence-corrected chi connectivity index (χ1v) is 8.05. The summed E-state index contributed by atoms with van der Waals surface area (Å²) in [6, 6.07) is 0.770. The van der Waals surface area contributed by atoms with Gasteiger partial charge in [0, 0.05) is 25.7 Å². The zero-order valence-corrected chi connectivity index (χ0v) is 12.3. The second-order valence-electron chi connectivity index (χ2n) is 6.68. The first-order valence-electron chi connectivity index (χ1n) is 8.05. The van der Waals surface area contributed by atoms with Crippen LogP contribution in [-0.4, -0.2) is 74.9 Å². The third-order valence-corrected chi connectivity index (χ3v) is 4.78. The summed E-state index contributed by atoms with van der Waals surface area (Å²) in [7, 11) is 2.20. The molecule has 1 unspecified atom stereocenters. The maximum Gasteiger partial charge on any atom is 0.0829 e. The molecule has 1 aliphatic carbocycles. The van der Waals surface area contributed by atoms with Crippen molar-refractivity contribution in [2.45, 2.75) is 37.8 Å². The van der Waals surface area contributed by atoms with Crippen LogP contribution in [0.3, 0.4) is 0 Å². The summed E-state index contributed by atoms with van der Waals surface area (Å²) in [5.41, 5.74) is 0. The molecule has 0 aromatic rings. The van der Waals surface area contributed by atoms with E-state index in [1.807, 2.05) is 0 Å².